The zero-order valence-corrected chi connectivity index (χ0v) is 80.4. The maximum absolute atomic E-state index is 19.0. The third kappa shape index (κ3) is 18.1. The van der Waals surface area contributed by atoms with Crippen molar-refractivity contribution in [2.75, 3.05) is 0 Å². The molecule has 0 N–H and O–H groups in total. The van der Waals surface area contributed by atoms with Gasteiger partial charge in [0.05, 0.1) is 48.5 Å². The number of benzene rings is 6. The van der Waals surface area contributed by atoms with E-state index in [1.165, 1.54) is 68.7 Å². The minimum atomic E-state index is -5.99. The molecule has 0 spiro atoms. The Morgan fingerprint density at radius 3 is 0.800 bits per heavy atom. The van der Waals surface area contributed by atoms with Crippen LogP contribution in [0.1, 0.15) is 141 Å². The lowest BCUT2D eigenvalue weighted by Gasteiger charge is -2.59. The Morgan fingerprint density at radius 1 is 0.360 bits per heavy atom. The van der Waals surface area contributed by atoms with Gasteiger partial charge in [-0.15, -0.1) is 47.2 Å². The normalized spacial score (nSPS) is 14.1. The maximum Gasteiger partial charge on any atom is 0.481 e. The van der Waals surface area contributed by atoms with Crippen LogP contribution in [0.4, 0.5) is 0 Å². The summed E-state index contributed by atoms with van der Waals surface area (Å²) in [7, 11) is -15.5. The fraction of sp³-hybridized carbons (Fsp3) is 0.345. The first kappa shape index (κ1) is 94.1. The van der Waals surface area contributed by atoms with Gasteiger partial charge in [-0.1, -0.05) is 159 Å². The average molecular weight is 1890 g/mol. The van der Waals surface area contributed by atoms with E-state index < -0.39 is 102 Å². The first-order chi connectivity index (χ1) is 58.1. The standard InChI is InChI=1S/C87H93Cl3N15O13PS6/c1-79(2,3)85(80(4,5)6,103-40-43-120-76(103)97-123(107,108)61-25-31-70(55(46-61)52-91)113-73-28-22-58(88)49-64(73)67-34-37-94-100(67)19)116-119(106,117-86(81(7,8)9,82(10,11)12)104-41-44-121-77(104)98-124(109,110)62-26-32-71(56(47-62)53-92)114-74-29-23-59(89)50-65(74)68-35-38-95-101(68)20)118-87(83(13,14)15,84(16,17)18)105-42-45-122-78(105)99-125(111,112)63-27-33-72(57(48-63)54-93)115-75-30-24-60(90)51-66(75)69-36-39-96-102(69)21/h22-51H,1-21H3. The number of nitrogens with zero attached hydrogens (tertiary/aromatic N) is 15. The van der Waals surface area contributed by atoms with Crippen LogP contribution in [-0.2, 0) is 86.5 Å². The minimum Gasteiger partial charge on any atom is -0.455 e. The monoisotopic (exact) mass is 1880 g/mol. The molecule has 28 nitrogen and oxygen atoms in total. The van der Waals surface area contributed by atoms with E-state index in [1.54, 1.807) is 267 Å². The molecule has 12 aromatic rings. The van der Waals surface area contributed by atoms with Crippen molar-refractivity contribution in [3.8, 4) is 86.5 Å². The van der Waals surface area contributed by atoms with E-state index in [2.05, 4.69) is 46.7 Å². The average Bonchev–Trinajstić information content (AvgIpc) is 1.68. The summed E-state index contributed by atoms with van der Waals surface area (Å²) in [6, 6.07) is 37.3. The molecule has 0 unspecified atom stereocenters. The maximum atomic E-state index is 19.0. The van der Waals surface area contributed by atoms with Crippen LogP contribution >= 0.6 is 76.6 Å². The zero-order chi connectivity index (χ0) is 91.8. The number of sulfonamides is 3. The van der Waals surface area contributed by atoms with E-state index in [0.717, 1.165) is 52.2 Å². The predicted octanol–water partition coefficient (Wildman–Crippen LogP) is 21.1. The summed E-state index contributed by atoms with van der Waals surface area (Å²) in [5.41, 5.74) is -12.3. The van der Waals surface area contributed by atoms with Gasteiger partial charge >= 0.3 is 7.82 Å². The molecule has 12 rings (SSSR count). The lowest BCUT2D eigenvalue weighted by atomic mass is 9.68. The van der Waals surface area contributed by atoms with E-state index in [4.69, 9.17) is 62.6 Å². The number of aryl methyl sites for hydroxylation is 3. The van der Waals surface area contributed by atoms with E-state index in [0.29, 0.717) is 48.8 Å². The van der Waals surface area contributed by atoms with E-state index in [1.807, 2.05) is 0 Å². The number of phosphoric acid groups is 1. The van der Waals surface area contributed by atoms with Crippen molar-refractivity contribution in [2.24, 2.45) is 66.8 Å². The number of rotatable bonds is 24. The molecule has 125 heavy (non-hydrogen) atoms. The fourth-order valence-electron chi connectivity index (χ4n) is 16.4. The summed E-state index contributed by atoms with van der Waals surface area (Å²) in [4.78, 5) is -1.99. The second-order valence-electron chi connectivity index (χ2n) is 35.6. The van der Waals surface area contributed by atoms with Crippen molar-refractivity contribution < 1.29 is 57.6 Å². The van der Waals surface area contributed by atoms with Crippen LogP contribution in [0.25, 0.3) is 33.8 Å². The molecular weight excluding hydrogens is 1790 g/mol. The van der Waals surface area contributed by atoms with Gasteiger partial charge in [0.2, 0.25) is 14.4 Å². The van der Waals surface area contributed by atoms with Gasteiger partial charge in [0, 0.05) is 139 Å². The second-order valence-corrected chi connectivity index (χ2v) is 45.8. The van der Waals surface area contributed by atoms with Crippen molar-refractivity contribution in [3.63, 3.8) is 0 Å². The van der Waals surface area contributed by atoms with Crippen LogP contribution in [0.3, 0.4) is 0 Å². The van der Waals surface area contributed by atoms with Gasteiger partial charge in [0.15, 0.2) is 17.2 Å². The van der Waals surface area contributed by atoms with Crippen molar-refractivity contribution in [1.29, 1.82) is 15.8 Å². The molecule has 6 aromatic carbocycles. The van der Waals surface area contributed by atoms with Crippen LogP contribution in [-0.4, -0.2) is 68.3 Å². The van der Waals surface area contributed by atoms with Crippen LogP contribution in [0.5, 0.6) is 34.5 Å². The number of aromatic nitrogens is 9. The highest BCUT2D eigenvalue weighted by molar-refractivity contribution is 7.90. The molecule has 0 aliphatic rings. The third-order valence-corrected chi connectivity index (χ3v) is 29.7. The summed E-state index contributed by atoms with van der Waals surface area (Å²) in [6.07, 6.45) is 9.37. The van der Waals surface area contributed by atoms with E-state index in [-0.39, 0.29) is 65.6 Å². The largest absolute Gasteiger partial charge is 0.481 e. The molecule has 656 valence electrons. The molecular formula is C87H93Cl3N15O13PS6. The van der Waals surface area contributed by atoms with Crippen molar-refractivity contribution in [2.45, 2.75) is 156 Å². The third-order valence-electron chi connectivity index (χ3n) is 21.1. The highest BCUT2D eigenvalue weighted by Crippen LogP contribution is 2.72. The smallest absolute Gasteiger partial charge is 0.455 e. The Morgan fingerprint density at radius 2 is 0.592 bits per heavy atom. The molecule has 0 saturated carbocycles. The number of halogens is 3. The van der Waals surface area contributed by atoms with Gasteiger partial charge in [-0.25, -0.2) is 4.57 Å². The van der Waals surface area contributed by atoms with Gasteiger partial charge < -0.3 is 14.2 Å². The molecule has 0 fully saturated rings. The first-order valence-electron chi connectivity index (χ1n) is 38.8. The number of nitriles is 3. The highest BCUT2D eigenvalue weighted by atomic mass is 35.5. The van der Waals surface area contributed by atoms with Crippen LogP contribution in [0.2, 0.25) is 15.1 Å². The molecule has 38 heteroatoms. The van der Waals surface area contributed by atoms with Crippen molar-refractivity contribution >= 4 is 107 Å². The Bertz CT molecular complexity index is 6290. The molecule has 6 aromatic heterocycles. The number of hydrogen-bond acceptors (Lipinski definition) is 22. The van der Waals surface area contributed by atoms with Crippen LogP contribution in [0, 0.1) is 66.5 Å². The molecule has 6 heterocycles. The number of thiazole rings is 3. The second kappa shape index (κ2) is 34.3. The lowest BCUT2D eigenvalue weighted by Crippen LogP contribution is -2.63. The highest BCUT2D eigenvalue weighted by Gasteiger charge is 2.68. The molecule has 0 aliphatic heterocycles. The molecule has 0 radical (unpaired) electrons. The summed E-state index contributed by atoms with van der Waals surface area (Å²) >= 11 is 22.1. The Balaban J connectivity index is 1.06. The SMILES string of the molecule is Cn1nccc1-c1cc(Cl)ccc1Oc1ccc(S(=O)(=O)N=c2sccn2C(OP(=O)(OC(n2ccsc2=NS(=O)(=O)c2ccc(Oc3ccc(Cl)cc3-c3ccnn3C)c(C#N)c2)(C(C)(C)C)C(C)(C)C)OC(n2ccsc2=NS(=O)(=O)c2ccc(Oc3ccc(Cl)cc3-c3ccnn3C)c(C#N)c2)(C(C)(C)C)C(C)(C)C)(C(C)(C)C)C(C)(C)C)cc1C#N. The molecule has 0 aliphatic carbocycles. The minimum absolute atomic E-state index is 0.00313. The summed E-state index contributed by atoms with van der Waals surface area (Å²) < 4.78 is 177. The van der Waals surface area contributed by atoms with Crippen molar-refractivity contribution in [1.82, 2.24) is 43.0 Å². The van der Waals surface area contributed by atoms with E-state index >= 15 is 29.8 Å². The van der Waals surface area contributed by atoms with Gasteiger partial charge in [-0.05, 0) is 127 Å². The van der Waals surface area contributed by atoms with Crippen LogP contribution in [0.15, 0.2) is 209 Å². The van der Waals surface area contributed by atoms with Crippen LogP contribution < -0.4 is 28.6 Å². The molecule has 0 saturated heterocycles. The first-order valence-corrected chi connectivity index (χ1v) is 48.3. The quantitative estimate of drug-likeness (QED) is 0.0507. The number of hydrogen-bond donors (Lipinski definition) is 0. The summed E-state index contributed by atoms with van der Waals surface area (Å²) in [5, 5.41) is 51.1. The van der Waals surface area contributed by atoms with Gasteiger partial charge in [-0.2, -0.15) is 56.3 Å². The number of ether oxygens (including phenoxy) is 3. The Hall–Kier alpha value is -10.1. The Labute approximate surface area is 753 Å². The Kier molecular flexibility index (Phi) is 25.8. The molecule has 0 amide bonds. The zero-order valence-electron chi connectivity index (χ0n) is 72.4. The predicted molar refractivity (Wildman–Crippen MR) is 481 cm³/mol. The number of phosphoric ester groups is 1. The van der Waals surface area contributed by atoms with Crippen molar-refractivity contribution in [3.05, 3.63) is 227 Å². The molecule has 0 bridgehead atoms. The lowest BCUT2D eigenvalue weighted by molar-refractivity contribution is -0.262. The topological polar surface area (TPSA) is 352 Å². The van der Waals surface area contributed by atoms with Gasteiger partial charge in [0.1, 0.15) is 52.7 Å². The summed E-state index contributed by atoms with van der Waals surface area (Å²) in [5.74, 6) is 0.826. The fourth-order valence-corrected chi connectivity index (χ4v) is 25.9. The van der Waals surface area contributed by atoms with Gasteiger partial charge in [-0.3, -0.25) is 41.3 Å². The van der Waals surface area contributed by atoms with E-state index in [9.17, 15) is 15.8 Å². The van der Waals surface area contributed by atoms with Gasteiger partial charge in [0.25, 0.3) is 30.1 Å². The molecule has 0 atom stereocenters. The summed E-state index contributed by atoms with van der Waals surface area (Å²) in [6.45, 7) is 32.0.